The predicted octanol–water partition coefficient (Wildman–Crippen LogP) is 2.77. The summed E-state index contributed by atoms with van der Waals surface area (Å²) in [6.45, 7) is 0. The van der Waals surface area contributed by atoms with E-state index in [0.29, 0.717) is 11.4 Å². The average Bonchev–Trinajstić information content (AvgIpc) is 2.65. The van der Waals surface area contributed by atoms with E-state index >= 15 is 0 Å². The second-order valence-electron chi connectivity index (χ2n) is 6.05. The smallest absolute Gasteiger partial charge is 0.255 e. The molecule has 3 rings (SSSR count). The largest absolute Gasteiger partial charge is 0.506 e. The lowest BCUT2D eigenvalue weighted by atomic mass is 10.1. The normalized spacial score (nSPS) is 10.3. The number of nitrogens with one attached hydrogen (secondary N) is 2. The first-order chi connectivity index (χ1) is 13.3. The van der Waals surface area contributed by atoms with E-state index in [-0.39, 0.29) is 34.0 Å². The van der Waals surface area contributed by atoms with Crippen LogP contribution in [0.2, 0.25) is 0 Å². The second-order valence-corrected chi connectivity index (χ2v) is 6.05. The van der Waals surface area contributed by atoms with Gasteiger partial charge >= 0.3 is 0 Å². The van der Waals surface area contributed by atoms with Crippen molar-refractivity contribution >= 4 is 34.6 Å². The molecule has 3 aromatic rings. The van der Waals surface area contributed by atoms with Gasteiger partial charge in [-0.25, -0.2) is 0 Å². The fourth-order valence-electron chi connectivity index (χ4n) is 2.53. The molecule has 0 fully saturated rings. The summed E-state index contributed by atoms with van der Waals surface area (Å²) < 4.78 is 0. The monoisotopic (exact) mass is 378 g/mol. The minimum atomic E-state index is -0.513. The van der Waals surface area contributed by atoms with E-state index in [9.17, 15) is 19.8 Å². The van der Waals surface area contributed by atoms with Crippen molar-refractivity contribution < 1.29 is 19.8 Å². The lowest BCUT2D eigenvalue weighted by Crippen LogP contribution is -2.14. The molecule has 2 amide bonds. The van der Waals surface area contributed by atoms with Gasteiger partial charge in [0.1, 0.15) is 11.5 Å². The van der Waals surface area contributed by atoms with E-state index in [1.165, 1.54) is 18.2 Å². The standard InChI is InChI=1S/C20H18N4O4/c21-13-5-1-3-11(7-13)19(27)23-15-9-16(18(26)10-17(15)25)24-20(28)12-4-2-6-14(22)8-12/h1-10,25-26H,21-22H2,(H,23,27)(H,24,28). The molecule has 142 valence electrons. The number of nitrogens with two attached hydrogens (primary N) is 2. The first-order valence-corrected chi connectivity index (χ1v) is 8.23. The quantitative estimate of drug-likeness (QED) is 0.233. The first-order valence-electron chi connectivity index (χ1n) is 8.23. The zero-order valence-corrected chi connectivity index (χ0v) is 14.6. The maximum Gasteiger partial charge on any atom is 0.255 e. The molecule has 0 saturated carbocycles. The van der Waals surface area contributed by atoms with Crippen molar-refractivity contribution in [2.24, 2.45) is 0 Å². The zero-order valence-electron chi connectivity index (χ0n) is 14.6. The molecule has 28 heavy (non-hydrogen) atoms. The van der Waals surface area contributed by atoms with Gasteiger partial charge in [0.25, 0.3) is 11.8 Å². The van der Waals surface area contributed by atoms with Gasteiger partial charge in [0.2, 0.25) is 0 Å². The molecule has 0 saturated heterocycles. The molecule has 0 aliphatic heterocycles. The fourth-order valence-corrected chi connectivity index (χ4v) is 2.53. The number of rotatable bonds is 4. The summed E-state index contributed by atoms with van der Waals surface area (Å²) >= 11 is 0. The maximum atomic E-state index is 12.4. The number of phenols is 2. The topological polar surface area (TPSA) is 151 Å². The summed E-state index contributed by atoms with van der Waals surface area (Å²) in [5, 5.41) is 25.1. The molecule has 0 bridgehead atoms. The molecular weight excluding hydrogens is 360 g/mol. The molecule has 0 spiro atoms. The lowest BCUT2D eigenvalue weighted by Gasteiger charge is -2.13. The summed E-state index contributed by atoms with van der Waals surface area (Å²) in [5.74, 6) is -1.75. The highest BCUT2D eigenvalue weighted by Crippen LogP contribution is 2.35. The van der Waals surface area contributed by atoms with Crippen LogP contribution in [-0.4, -0.2) is 22.0 Å². The van der Waals surface area contributed by atoms with Gasteiger partial charge in [-0.1, -0.05) is 12.1 Å². The third-order valence-corrected chi connectivity index (χ3v) is 3.91. The van der Waals surface area contributed by atoms with Crippen molar-refractivity contribution in [1.29, 1.82) is 0 Å². The van der Waals surface area contributed by atoms with Crippen molar-refractivity contribution in [3.8, 4) is 11.5 Å². The molecule has 8 heteroatoms. The number of carbonyl (C=O) groups excluding carboxylic acids is 2. The van der Waals surface area contributed by atoms with Crippen LogP contribution in [0.3, 0.4) is 0 Å². The molecule has 0 unspecified atom stereocenters. The third kappa shape index (κ3) is 4.13. The fraction of sp³-hybridized carbons (Fsp3) is 0. The number of hydrogen-bond donors (Lipinski definition) is 6. The summed E-state index contributed by atoms with van der Waals surface area (Å²) in [7, 11) is 0. The van der Waals surface area contributed by atoms with Crippen LogP contribution in [0.4, 0.5) is 22.7 Å². The van der Waals surface area contributed by atoms with Crippen LogP contribution in [0.15, 0.2) is 60.7 Å². The van der Waals surface area contributed by atoms with Crippen molar-refractivity contribution in [1.82, 2.24) is 0 Å². The molecule has 3 aromatic carbocycles. The van der Waals surface area contributed by atoms with E-state index < -0.39 is 11.8 Å². The van der Waals surface area contributed by atoms with Crippen LogP contribution < -0.4 is 22.1 Å². The molecule has 8 N–H and O–H groups in total. The Morgan fingerprint density at radius 1 is 0.679 bits per heavy atom. The van der Waals surface area contributed by atoms with Gasteiger partial charge in [-0.3, -0.25) is 9.59 Å². The van der Waals surface area contributed by atoms with Crippen LogP contribution >= 0.6 is 0 Å². The van der Waals surface area contributed by atoms with E-state index in [2.05, 4.69) is 10.6 Å². The highest BCUT2D eigenvalue weighted by molar-refractivity contribution is 6.08. The number of amides is 2. The number of aromatic hydroxyl groups is 2. The summed E-state index contributed by atoms with van der Waals surface area (Å²) in [4.78, 5) is 24.7. The van der Waals surface area contributed by atoms with Crippen LogP contribution in [0.1, 0.15) is 20.7 Å². The Kier molecular flexibility index (Phi) is 5.03. The van der Waals surface area contributed by atoms with Gasteiger partial charge in [-0.15, -0.1) is 0 Å². The van der Waals surface area contributed by atoms with Crippen LogP contribution in [0.25, 0.3) is 0 Å². The van der Waals surface area contributed by atoms with Crippen molar-refractivity contribution in [2.45, 2.75) is 0 Å². The summed E-state index contributed by atoms with van der Waals surface area (Å²) in [6.07, 6.45) is 0. The highest BCUT2D eigenvalue weighted by atomic mass is 16.3. The minimum Gasteiger partial charge on any atom is -0.506 e. The summed E-state index contributed by atoms with van der Waals surface area (Å²) in [6, 6.07) is 14.9. The number of anilines is 4. The Morgan fingerprint density at radius 2 is 1.11 bits per heavy atom. The molecule has 0 aromatic heterocycles. The van der Waals surface area contributed by atoms with E-state index in [4.69, 9.17) is 11.5 Å². The number of benzene rings is 3. The third-order valence-electron chi connectivity index (χ3n) is 3.91. The number of carbonyl (C=O) groups is 2. The van der Waals surface area contributed by atoms with E-state index in [1.807, 2.05) is 0 Å². The van der Waals surface area contributed by atoms with Gasteiger partial charge in [0.15, 0.2) is 0 Å². The number of phenolic OH excluding ortho intramolecular Hbond substituents is 2. The Morgan fingerprint density at radius 3 is 1.50 bits per heavy atom. The van der Waals surface area contributed by atoms with Crippen LogP contribution in [0.5, 0.6) is 11.5 Å². The van der Waals surface area contributed by atoms with E-state index in [1.54, 1.807) is 36.4 Å². The molecule has 0 radical (unpaired) electrons. The van der Waals surface area contributed by atoms with Gasteiger partial charge in [0.05, 0.1) is 11.4 Å². The van der Waals surface area contributed by atoms with Gasteiger partial charge in [-0.2, -0.15) is 0 Å². The van der Waals surface area contributed by atoms with Gasteiger partial charge < -0.3 is 32.3 Å². The van der Waals surface area contributed by atoms with E-state index in [0.717, 1.165) is 6.07 Å². The van der Waals surface area contributed by atoms with Crippen molar-refractivity contribution in [3.05, 3.63) is 71.8 Å². The molecule has 0 aliphatic rings. The van der Waals surface area contributed by atoms with Crippen molar-refractivity contribution in [2.75, 3.05) is 22.1 Å². The second kappa shape index (κ2) is 7.58. The summed E-state index contributed by atoms with van der Waals surface area (Å²) in [5.41, 5.74) is 12.8. The Balaban J connectivity index is 1.84. The lowest BCUT2D eigenvalue weighted by molar-refractivity contribution is 0.101. The Hall–Kier alpha value is -4.20. The Labute approximate surface area is 160 Å². The number of nitrogen functional groups attached to an aromatic ring is 2. The maximum absolute atomic E-state index is 12.4. The molecule has 0 aliphatic carbocycles. The zero-order chi connectivity index (χ0) is 20.3. The van der Waals surface area contributed by atoms with Crippen LogP contribution in [0, 0.1) is 0 Å². The SMILES string of the molecule is Nc1cccc(C(=O)Nc2cc(NC(=O)c3cccc(N)c3)c(O)cc2O)c1. The highest BCUT2D eigenvalue weighted by Gasteiger charge is 2.15. The molecule has 8 nitrogen and oxygen atoms in total. The Bertz CT molecular complexity index is 985. The predicted molar refractivity (Wildman–Crippen MR) is 107 cm³/mol. The van der Waals surface area contributed by atoms with Crippen molar-refractivity contribution in [3.63, 3.8) is 0 Å². The average molecular weight is 378 g/mol. The number of hydrogen-bond acceptors (Lipinski definition) is 6. The molecule has 0 atom stereocenters. The molecule has 0 heterocycles. The first kappa shape index (κ1) is 18.6. The van der Waals surface area contributed by atoms with Gasteiger partial charge in [0, 0.05) is 28.6 Å². The minimum absolute atomic E-state index is 0.00750. The van der Waals surface area contributed by atoms with Crippen LogP contribution in [-0.2, 0) is 0 Å². The van der Waals surface area contributed by atoms with Gasteiger partial charge in [-0.05, 0) is 42.5 Å². The molecular formula is C20H18N4O4.